The molecule has 0 fully saturated rings. The molecule has 1 aliphatic rings. The van der Waals surface area contributed by atoms with Crippen LogP contribution in [0.4, 0.5) is 5.69 Å². The molecule has 0 aliphatic heterocycles. The van der Waals surface area contributed by atoms with Crippen molar-refractivity contribution in [3.05, 3.63) is 52.6 Å². The summed E-state index contributed by atoms with van der Waals surface area (Å²) in [6.45, 7) is -0.330. The second-order valence-corrected chi connectivity index (χ2v) is 7.47. The molecule has 160 valence electrons. The maximum Gasteiger partial charge on any atom is 0.303 e. The Morgan fingerprint density at radius 1 is 1.30 bits per heavy atom. The van der Waals surface area contributed by atoms with Crippen LogP contribution < -0.4 is 21.9 Å². The fourth-order valence-corrected chi connectivity index (χ4v) is 3.21. The number of halogens is 2. The highest BCUT2D eigenvalue weighted by atomic mass is 35.5. The van der Waals surface area contributed by atoms with Crippen molar-refractivity contribution in [2.45, 2.75) is 24.3 Å². The number of rotatable bonds is 9. The van der Waals surface area contributed by atoms with E-state index in [0.29, 0.717) is 11.3 Å². The maximum atomic E-state index is 12.3. The van der Waals surface area contributed by atoms with Crippen molar-refractivity contribution in [3.63, 3.8) is 0 Å². The average Bonchev–Trinajstić information content (AvgIpc) is 2.71. The Morgan fingerprint density at radius 2 is 2.07 bits per heavy atom. The number of hydrogen-bond donors (Lipinski definition) is 5. The van der Waals surface area contributed by atoms with Crippen molar-refractivity contribution in [2.24, 2.45) is 10.8 Å². The van der Waals surface area contributed by atoms with Crippen LogP contribution in [0.2, 0.25) is 0 Å². The number of carboxylic acids is 1. The van der Waals surface area contributed by atoms with E-state index in [1.807, 2.05) is 0 Å². The Bertz CT molecular complexity index is 916. The van der Waals surface area contributed by atoms with Crippen LogP contribution in [0.15, 0.2) is 52.0 Å². The van der Waals surface area contributed by atoms with Gasteiger partial charge >= 0.3 is 5.97 Å². The molecular formula is C19H21Cl2N5O4. The highest BCUT2D eigenvalue weighted by Crippen LogP contribution is 2.37. The van der Waals surface area contributed by atoms with Crippen LogP contribution in [0.1, 0.15) is 29.6 Å². The lowest BCUT2D eigenvalue weighted by Crippen LogP contribution is -2.49. The summed E-state index contributed by atoms with van der Waals surface area (Å²) in [5.74, 6) is 3.16. The minimum atomic E-state index is -1.39. The van der Waals surface area contributed by atoms with Gasteiger partial charge in [0.25, 0.3) is 5.91 Å². The Labute approximate surface area is 183 Å². The normalized spacial score (nSPS) is 18.4. The van der Waals surface area contributed by atoms with Crippen molar-refractivity contribution < 1.29 is 19.5 Å². The highest BCUT2D eigenvalue weighted by Gasteiger charge is 2.35. The van der Waals surface area contributed by atoms with Gasteiger partial charge in [0.15, 0.2) is 5.00 Å². The smallest absolute Gasteiger partial charge is 0.303 e. The molecule has 0 saturated heterocycles. The largest absolute Gasteiger partial charge is 0.481 e. The Balaban J connectivity index is 1.93. The fourth-order valence-electron chi connectivity index (χ4n) is 2.69. The Hall–Kier alpha value is -2.88. The third-order valence-corrected chi connectivity index (χ3v) is 5.10. The van der Waals surface area contributed by atoms with Crippen LogP contribution in [0.3, 0.4) is 0 Å². The summed E-state index contributed by atoms with van der Waals surface area (Å²) in [5.41, 5.74) is 3.82. The zero-order chi connectivity index (χ0) is 22.1. The number of amides is 2. The molecule has 11 heteroatoms. The van der Waals surface area contributed by atoms with Crippen LogP contribution in [0.25, 0.3) is 0 Å². The molecule has 0 radical (unpaired) electrons. The predicted octanol–water partition coefficient (Wildman–Crippen LogP) is 1.91. The number of nitrogens with zero attached hydrogens (tertiary/aromatic N) is 1. The number of carbonyl (C=O) groups is 3. The summed E-state index contributed by atoms with van der Waals surface area (Å²) in [6.07, 6.45) is 4.87. The first-order chi connectivity index (χ1) is 14.2. The number of nitrogens with one attached hydrogen (secondary N) is 3. The number of nitrogens with two attached hydrogens (primary N) is 1. The third-order valence-electron chi connectivity index (χ3n) is 4.12. The average molecular weight is 454 g/mol. The molecule has 2 amide bonds. The van der Waals surface area contributed by atoms with Gasteiger partial charge in [-0.05, 0) is 30.7 Å². The molecule has 1 atom stereocenters. The lowest BCUT2D eigenvalue weighted by atomic mass is 9.96. The second-order valence-electron chi connectivity index (χ2n) is 6.42. The molecule has 0 aromatic heterocycles. The van der Waals surface area contributed by atoms with E-state index in [2.05, 4.69) is 21.1 Å². The van der Waals surface area contributed by atoms with Crippen molar-refractivity contribution >= 4 is 53.0 Å². The molecule has 6 N–H and O–H groups in total. The number of carboxylic acid groups (broad SMARTS) is 1. The van der Waals surface area contributed by atoms with Gasteiger partial charge in [-0.25, -0.2) is 10.8 Å². The molecule has 30 heavy (non-hydrogen) atoms. The molecular weight excluding hydrogens is 433 g/mol. The molecule has 0 saturated carbocycles. The standard InChI is InChI=1S/C19H21Cl2N5O4/c20-15-6-4-12(5-7-17(28)29)9-19(15,21)26-16(27)10-23-18(30)13-2-1-3-14(8-13)24-11-25-22/h1-4,6,8,11H,5,7,9-10,22H2,(H,23,30)(H,24,25)(H,26,27)(H,28,29). The lowest BCUT2D eigenvalue weighted by molar-refractivity contribution is -0.137. The van der Waals surface area contributed by atoms with Crippen LogP contribution in [-0.4, -0.2) is 40.8 Å². The molecule has 1 aromatic rings. The number of hydrogen-bond acceptors (Lipinski definition) is 5. The van der Waals surface area contributed by atoms with Crippen LogP contribution >= 0.6 is 23.2 Å². The molecule has 1 aromatic carbocycles. The minimum absolute atomic E-state index is 0.0568. The van der Waals surface area contributed by atoms with E-state index < -0.39 is 22.8 Å². The molecule has 2 rings (SSSR count). The van der Waals surface area contributed by atoms with Gasteiger partial charge in [-0.15, -0.1) is 0 Å². The zero-order valence-electron chi connectivity index (χ0n) is 15.8. The van der Waals surface area contributed by atoms with Gasteiger partial charge in [0.1, 0.15) is 6.34 Å². The number of carbonyl (C=O) groups excluding carboxylic acids is 2. The SMILES string of the molecule is NNC=Nc1cccc(C(=O)NCC(=O)NC2(Cl)CC(CCC(=O)O)=CC=C2Cl)c1. The van der Waals surface area contributed by atoms with E-state index in [0.717, 1.165) is 5.57 Å². The van der Waals surface area contributed by atoms with Gasteiger partial charge in [0, 0.05) is 18.4 Å². The van der Waals surface area contributed by atoms with E-state index in [4.69, 9.17) is 34.2 Å². The topological polar surface area (TPSA) is 146 Å². The van der Waals surface area contributed by atoms with Gasteiger partial charge in [-0.2, -0.15) is 0 Å². The first kappa shape index (κ1) is 23.4. The lowest BCUT2D eigenvalue weighted by Gasteiger charge is -2.31. The van der Waals surface area contributed by atoms with Gasteiger partial charge in [-0.1, -0.05) is 40.9 Å². The number of hydrazine groups is 1. The van der Waals surface area contributed by atoms with E-state index in [1.54, 1.807) is 24.3 Å². The van der Waals surface area contributed by atoms with Crippen LogP contribution in [0.5, 0.6) is 0 Å². The first-order valence-corrected chi connectivity index (χ1v) is 9.63. The number of aliphatic carboxylic acids is 1. The number of aliphatic imine (C=N–C) groups is 1. The van der Waals surface area contributed by atoms with Crippen LogP contribution in [-0.2, 0) is 9.59 Å². The van der Waals surface area contributed by atoms with Crippen molar-refractivity contribution in [3.8, 4) is 0 Å². The van der Waals surface area contributed by atoms with Gasteiger partial charge < -0.3 is 21.2 Å². The van der Waals surface area contributed by atoms with E-state index >= 15 is 0 Å². The number of alkyl halides is 1. The molecule has 0 spiro atoms. The summed E-state index contributed by atoms with van der Waals surface area (Å²) < 4.78 is 0. The summed E-state index contributed by atoms with van der Waals surface area (Å²) >= 11 is 12.6. The Kier molecular flexibility index (Phi) is 8.40. The highest BCUT2D eigenvalue weighted by molar-refractivity contribution is 6.40. The number of allylic oxidation sites excluding steroid dienone is 2. The molecule has 1 unspecified atom stereocenters. The molecule has 1 aliphatic carbocycles. The monoisotopic (exact) mass is 453 g/mol. The first-order valence-electron chi connectivity index (χ1n) is 8.88. The fraction of sp³-hybridized carbons (Fsp3) is 0.263. The Morgan fingerprint density at radius 3 is 2.77 bits per heavy atom. The summed E-state index contributed by atoms with van der Waals surface area (Å²) in [4.78, 5) is 38.0. The van der Waals surface area contributed by atoms with Gasteiger partial charge in [0.05, 0.1) is 17.3 Å². The van der Waals surface area contributed by atoms with E-state index in [1.165, 1.54) is 18.5 Å². The summed E-state index contributed by atoms with van der Waals surface area (Å²) in [6, 6.07) is 6.43. The number of benzene rings is 1. The van der Waals surface area contributed by atoms with E-state index in [9.17, 15) is 14.4 Å². The van der Waals surface area contributed by atoms with Gasteiger partial charge in [0.2, 0.25) is 5.91 Å². The van der Waals surface area contributed by atoms with Gasteiger partial charge in [-0.3, -0.25) is 14.4 Å². The van der Waals surface area contributed by atoms with Crippen molar-refractivity contribution in [1.82, 2.24) is 16.1 Å². The molecule has 0 heterocycles. The van der Waals surface area contributed by atoms with Crippen molar-refractivity contribution in [1.29, 1.82) is 0 Å². The molecule has 0 bridgehead atoms. The molecule has 9 nitrogen and oxygen atoms in total. The predicted molar refractivity (Wildman–Crippen MR) is 114 cm³/mol. The quantitative estimate of drug-likeness (QED) is 0.0962. The zero-order valence-corrected chi connectivity index (χ0v) is 17.3. The summed E-state index contributed by atoms with van der Waals surface area (Å²) in [5, 5.41) is 14.1. The van der Waals surface area contributed by atoms with Crippen molar-refractivity contribution in [2.75, 3.05) is 6.54 Å². The summed E-state index contributed by atoms with van der Waals surface area (Å²) in [7, 11) is 0. The second kappa shape index (κ2) is 10.8. The minimum Gasteiger partial charge on any atom is -0.481 e. The van der Waals surface area contributed by atoms with Crippen LogP contribution in [0, 0.1) is 0 Å². The third kappa shape index (κ3) is 6.87. The maximum absolute atomic E-state index is 12.3. The van der Waals surface area contributed by atoms with E-state index in [-0.39, 0.29) is 30.8 Å².